The van der Waals surface area contributed by atoms with E-state index in [0.29, 0.717) is 12.1 Å². The van der Waals surface area contributed by atoms with Gasteiger partial charge < -0.3 is 50.4 Å². The third kappa shape index (κ3) is 20.8. The lowest BCUT2D eigenvalue weighted by atomic mass is 10.1. The minimum Gasteiger partial charge on any atom is -0.480 e. The Kier molecular flexibility index (Phi) is 18.9. The minimum absolute atomic E-state index is 0.0684. The number of aromatic amines is 2. The molecule has 2 aromatic heterocycles. The van der Waals surface area contributed by atoms with Crippen molar-refractivity contribution in [3.8, 4) is 0 Å². The number of carboxylic acid groups (broad SMARTS) is 1. The summed E-state index contributed by atoms with van der Waals surface area (Å²) in [6.07, 6.45) is 6.07. The lowest BCUT2D eigenvalue weighted by Crippen LogP contribution is -2.45. The van der Waals surface area contributed by atoms with Crippen molar-refractivity contribution in [2.45, 2.75) is 104 Å². The van der Waals surface area contributed by atoms with E-state index >= 15 is 0 Å². The van der Waals surface area contributed by atoms with Gasteiger partial charge in [-0.2, -0.15) is 0 Å². The molecule has 0 bridgehead atoms. The molecule has 0 fully saturated rings. The predicted molar refractivity (Wildman–Crippen MR) is 175 cm³/mol. The molecular weight excluding hydrogens is 646 g/mol. The van der Waals surface area contributed by atoms with Gasteiger partial charge in [-0.3, -0.25) is 19.2 Å². The Bertz CT molecular complexity index is 1320. The molecule has 0 unspecified atom stereocenters. The zero-order valence-corrected chi connectivity index (χ0v) is 29.7. The first-order chi connectivity index (χ1) is 22.6. The van der Waals surface area contributed by atoms with E-state index in [1.165, 1.54) is 27.5 Å². The molecule has 0 aliphatic rings. The Morgan fingerprint density at radius 2 is 1.31 bits per heavy atom. The van der Waals surface area contributed by atoms with Gasteiger partial charge in [0.1, 0.15) is 29.3 Å². The van der Waals surface area contributed by atoms with Crippen molar-refractivity contribution in [1.82, 2.24) is 30.6 Å². The van der Waals surface area contributed by atoms with E-state index in [9.17, 15) is 28.8 Å². The second kappa shape index (κ2) is 21.1. The fraction of sp³-hybridized carbons (Fsp3) is 0.613. The number of nitrogens with two attached hydrogens (primary N) is 1. The highest BCUT2D eigenvalue weighted by Crippen LogP contribution is 2.13. The second-order valence-electron chi connectivity index (χ2n) is 12.7. The van der Waals surface area contributed by atoms with Crippen LogP contribution in [0.15, 0.2) is 25.0 Å². The summed E-state index contributed by atoms with van der Waals surface area (Å²) in [7, 11) is 2.56. The number of amides is 2. The SMILES string of the molecule is COC(=O)[C@@H](N)Cc1cnc[nH]1.COC(=O)[C@H](Cc1cnc[nH]1)NC(=O)[C@H](C)CC(=O)OC(C)(C)C.C[C@H](NC(=O)OC(C)(C)C)C(=O)O. The zero-order valence-electron chi connectivity index (χ0n) is 29.7. The molecule has 0 radical (unpaired) electrons. The summed E-state index contributed by atoms with van der Waals surface area (Å²) in [6.45, 7) is 13.4. The quantitative estimate of drug-likeness (QED) is 0.135. The number of alkyl carbamates (subject to hydrolysis) is 1. The molecule has 49 heavy (non-hydrogen) atoms. The summed E-state index contributed by atoms with van der Waals surface area (Å²) < 4.78 is 19.2. The number of nitrogens with zero attached hydrogens (tertiary/aromatic N) is 2. The summed E-state index contributed by atoms with van der Waals surface area (Å²) in [6, 6.07) is -2.41. The maximum Gasteiger partial charge on any atom is 0.408 e. The van der Waals surface area contributed by atoms with Crippen molar-refractivity contribution in [2.24, 2.45) is 11.7 Å². The van der Waals surface area contributed by atoms with Crippen LogP contribution in [-0.2, 0) is 55.8 Å². The number of aromatic nitrogens is 4. The number of rotatable bonds is 12. The molecule has 276 valence electrons. The maximum absolute atomic E-state index is 12.3. The van der Waals surface area contributed by atoms with Crippen LogP contribution in [-0.4, -0.2) is 104 Å². The molecule has 0 spiro atoms. The van der Waals surface area contributed by atoms with Gasteiger partial charge in [0.25, 0.3) is 0 Å². The van der Waals surface area contributed by atoms with Crippen molar-refractivity contribution in [3.05, 3.63) is 36.4 Å². The first kappa shape index (κ1) is 44.0. The molecule has 7 N–H and O–H groups in total. The predicted octanol–water partition coefficient (Wildman–Crippen LogP) is 1.41. The zero-order chi connectivity index (χ0) is 37.9. The van der Waals surface area contributed by atoms with Crippen LogP contribution in [0.1, 0.15) is 73.2 Å². The third-order valence-corrected chi connectivity index (χ3v) is 5.72. The average molecular weight is 698 g/mol. The number of methoxy groups -OCH3 is 2. The number of esters is 3. The number of carbonyl (C=O) groups is 6. The fourth-order valence-electron chi connectivity index (χ4n) is 3.41. The molecule has 0 saturated carbocycles. The van der Waals surface area contributed by atoms with Gasteiger partial charge in [0.15, 0.2) is 0 Å². The van der Waals surface area contributed by atoms with Crippen LogP contribution >= 0.6 is 0 Å². The average Bonchev–Trinajstić information content (AvgIpc) is 3.69. The van der Waals surface area contributed by atoms with E-state index < -0.39 is 71.1 Å². The smallest absolute Gasteiger partial charge is 0.408 e. The number of H-pyrrole nitrogens is 2. The lowest BCUT2D eigenvalue weighted by Gasteiger charge is -2.22. The summed E-state index contributed by atoms with van der Waals surface area (Å²) in [5.74, 6) is -3.59. The van der Waals surface area contributed by atoms with Crippen molar-refractivity contribution in [3.63, 3.8) is 0 Å². The van der Waals surface area contributed by atoms with Gasteiger partial charge in [0.05, 0.1) is 33.3 Å². The number of carbonyl (C=O) groups excluding carboxylic acids is 5. The minimum atomic E-state index is -1.09. The van der Waals surface area contributed by atoms with Gasteiger partial charge in [-0.15, -0.1) is 0 Å². The molecule has 18 nitrogen and oxygen atoms in total. The van der Waals surface area contributed by atoms with Gasteiger partial charge in [-0.1, -0.05) is 6.92 Å². The number of imidazole rings is 2. The molecule has 0 aromatic carbocycles. The molecule has 0 aliphatic carbocycles. The first-order valence-electron chi connectivity index (χ1n) is 15.2. The van der Waals surface area contributed by atoms with Gasteiger partial charge in [0.2, 0.25) is 5.91 Å². The standard InChI is InChI=1S/C16H25N3O5.C8H15NO4.C7H11N3O2/c1-10(6-13(20)24-16(2,3)4)14(21)19-12(15(22)23-5)7-11-8-17-9-18-11;1-5(6(10)11)9-7(12)13-8(2,3)4;1-12-7(11)6(8)2-5-3-9-4-10-5/h8-10,12H,6-7H2,1-5H3,(H,17,18)(H,19,21);5H,1-4H3,(H,9,12)(H,10,11);3-4,6H,2,8H2,1H3,(H,9,10)/t10-,12+;5-;6-/m100/s1. The fourth-order valence-corrected chi connectivity index (χ4v) is 3.41. The van der Waals surface area contributed by atoms with Gasteiger partial charge >= 0.3 is 30.0 Å². The molecular formula is C31H51N7O11. The largest absolute Gasteiger partial charge is 0.480 e. The van der Waals surface area contributed by atoms with E-state index in [4.69, 9.17) is 25.1 Å². The van der Waals surface area contributed by atoms with Crippen LogP contribution in [0.3, 0.4) is 0 Å². The first-order valence-corrected chi connectivity index (χ1v) is 15.2. The topological polar surface area (TPSA) is 267 Å². The highest BCUT2D eigenvalue weighted by atomic mass is 16.6. The van der Waals surface area contributed by atoms with Crippen molar-refractivity contribution < 1.29 is 52.8 Å². The van der Waals surface area contributed by atoms with E-state index in [0.717, 1.165) is 5.69 Å². The summed E-state index contributed by atoms with van der Waals surface area (Å²) in [5.41, 5.74) is 5.79. The third-order valence-electron chi connectivity index (χ3n) is 5.72. The summed E-state index contributed by atoms with van der Waals surface area (Å²) >= 11 is 0. The summed E-state index contributed by atoms with van der Waals surface area (Å²) in [5, 5.41) is 13.2. The normalized spacial score (nSPS) is 13.3. The molecule has 2 rings (SSSR count). The summed E-state index contributed by atoms with van der Waals surface area (Å²) in [4.78, 5) is 81.4. The second-order valence-corrected chi connectivity index (χ2v) is 12.7. The maximum atomic E-state index is 12.3. The van der Waals surface area contributed by atoms with Crippen molar-refractivity contribution in [1.29, 1.82) is 0 Å². The Hall–Kier alpha value is -5.00. The Morgan fingerprint density at radius 1 is 0.816 bits per heavy atom. The van der Waals surface area contributed by atoms with Crippen LogP contribution in [0.5, 0.6) is 0 Å². The molecule has 0 aliphatic heterocycles. The molecule has 4 atom stereocenters. The van der Waals surface area contributed by atoms with Crippen LogP contribution in [0.25, 0.3) is 0 Å². The van der Waals surface area contributed by atoms with Crippen LogP contribution in [0.4, 0.5) is 4.79 Å². The van der Waals surface area contributed by atoms with Crippen molar-refractivity contribution in [2.75, 3.05) is 14.2 Å². The molecule has 2 aromatic rings. The Balaban J connectivity index is 0.000000776. The molecule has 18 heteroatoms. The number of hydrogen-bond acceptors (Lipinski definition) is 13. The lowest BCUT2D eigenvalue weighted by molar-refractivity contribution is -0.157. The number of nitrogens with one attached hydrogen (secondary N) is 4. The number of carboxylic acids is 1. The van der Waals surface area contributed by atoms with E-state index in [-0.39, 0.29) is 12.8 Å². The highest BCUT2D eigenvalue weighted by Gasteiger charge is 2.27. The molecule has 2 amide bonds. The van der Waals surface area contributed by atoms with Crippen LogP contribution in [0, 0.1) is 5.92 Å². The van der Waals surface area contributed by atoms with Crippen LogP contribution in [0.2, 0.25) is 0 Å². The molecule has 2 heterocycles. The molecule has 0 saturated heterocycles. The monoisotopic (exact) mass is 697 g/mol. The van der Waals surface area contributed by atoms with Gasteiger partial charge in [-0.25, -0.2) is 19.6 Å². The Labute approximate surface area is 285 Å². The van der Waals surface area contributed by atoms with E-state index in [1.807, 2.05) is 0 Å². The van der Waals surface area contributed by atoms with Crippen molar-refractivity contribution >= 4 is 35.9 Å². The number of ether oxygens (including phenoxy) is 4. The number of hydrogen-bond donors (Lipinski definition) is 6. The highest BCUT2D eigenvalue weighted by molar-refractivity contribution is 5.88. The van der Waals surface area contributed by atoms with E-state index in [1.54, 1.807) is 67.2 Å². The van der Waals surface area contributed by atoms with Gasteiger partial charge in [-0.05, 0) is 48.5 Å². The number of aliphatic carboxylic acids is 1. The van der Waals surface area contributed by atoms with Gasteiger partial charge in [0, 0.05) is 42.5 Å². The van der Waals surface area contributed by atoms with E-state index in [2.05, 4.69) is 35.3 Å². The Morgan fingerprint density at radius 3 is 1.71 bits per heavy atom. The van der Waals surface area contributed by atoms with Crippen LogP contribution < -0.4 is 16.4 Å².